The van der Waals surface area contributed by atoms with Crippen molar-refractivity contribution in [3.63, 3.8) is 0 Å². The SMILES string of the molecule is CC(C)=CCCC(C)=CCCC(C)=CCSCCBr. The molecular formula is C17H29BrS. The minimum absolute atomic E-state index is 1.10. The number of allylic oxidation sites excluding steroid dienone is 5. The molecule has 0 aliphatic rings. The topological polar surface area (TPSA) is 0 Å². The Kier molecular flexibility index (Phi) is 13.1. The van der Waals surface area contributed by atoms with Crippen molar-refractivity contribution in [1.82, 2.24) is 0 Å². The molecule has 0 rings (SSSR count). The number of hydrogen-bond donors (Lipinski definition) is 0. The molecule has 0 atom stereocenters. The molecular weight excluding hydrogens is 316 g/mol. The van der Waals surface area contributed by atoms with Crippen LogP contribution in [0, 0.1) is 0 Å². The maximum Gasteiger partial charge on any atom is 0.0122 e. The molecule has 0 aromatic carbocycles. The van der Waals surface area contributed by atoms with Gasteiger partial charge in [0.15, 0.2) is 0 Å². The second-order valence-corrected chi connectivity index (χ2v) is 7.17. The first-order chi connectivity index (χ1) is 9.06. The largest absolute Gasteiger partial charge is 0.157 e. The highest BCUT2D eigenvalue weighted by molar-refractivity contribution is 9.09. The molecule has 2 heteroatoms. The molecule has 0 bridgehead atoms. The summed E-state index contributed by atoms with van der Waals surface area (Å²) in [6.07, 6.45) is 11.9. The molecule has 0 nitrogen and oxygen atoms in total. The zero-order valence-corrected chi connectivity index (χ0v) is 15.4. The highest BCUT2D eigenvalue weighted by Gasteiger charge is 1.92. The molecule has 0 spiro atoms. The van der Waals surface area contributed by atoms with Crippen LogP contribution >= 0.6 is 27.7 Å². The average Bonchev–Trinajstić information content (AvgIpc) is 2.34. The summed E-state index contributed by atoms with van der Waals surface area (Å²) in [6, 6.07) is 0. The maximum atomic E-state index is 3.45. The first kappa shape index (κ1) is 19.1. The molecule has 0 aromatic rings. The summed E-state index contributed by atoms with van der Waals surface area (Å²) in [7, 11) is 0. The molecule has 0 radical (unpaired) electrons. The van der Waals surface area contributed by atoms with Gasteiger partial charge in [0.25, 0.3) is 0 Å². The lowest BCUT2D eigenvalue weighted by Crippen LogP contribution is -1.84. The van der Waals surface area contributed by atoms with Gasteiger partial charge in [-0.3, -0.25) is 0 Å². The van der Waals surface area contributed by atoms with Gasteiger partial charge in [-0.05, 0) is 53.4 Å². The zero-order chi connectivity index (χ0) is 14.5. The lowest BCUT2D eigenvalue weighted by atomic mass is 10.1. The minimum atomic E-state index is 1.10. The first-order valence-electron chi connectivity index (χ1n) is 7.14. The summed E-state index contributed by atoms with van der Waals surface area (Å²) in [5, 5.41) is 1.10. The van der Waals surface area contributed by atoms with Gasteiger partial charge in [0, 0.05) is 16.8 Å². The zero-order valence-electron chi connectivity index (χ0n) is 13.0. The normalized spacial score (nSPS) is 12.7. The highest BCUT2D eigenvalue weighted by Crippen LogP contribution is 2.12. The van der Waals surface area contributed by atoms with Crippen molar-refractivity contribution in [2.24, 2.45) is 0 Å². The summed E-state index contributed by atoms with van der Waals surface area (Å²) in [4.78, 5) is 0. The van der Waals surface area contributed by atoms with Crippen molar-refractivity contribution in [3.8, 4) is 0 Å². The molecule has 0 heterocycles. The van der Waals surface area contributed by atoms with Gasteiger partial charge in [-0.1, -0.05) is 50.9 Å². The molecule has 0 aliphatic heterocycles. The van der Waals surface area contributed by atoms with Crippen LogP contribution in [0.4, 0.5) is 0 Å². The summed E-state index contributed by atoms with van der Waals surface area (Å²) < 4.78 is 0. The van der Waals surface area contributed by atoms with E-state index in [-0.39, 0.29) is 0 Å². The first-order valence-corrected chi connectivity index (χ1v) is 9.42. The van der Waals surface area contributed by atoms with Gasteiger partial charge in [0.1, 0.15) is 0 Å². The van der Waals surface area contributed by atoms with Gasteiger partial charge >= 0.3 is 0 Å². The van der Waals surface area contributed by atoms with E-state index in [0.717, 1.165) is 11.1 Å². The van der Waals surface area contributed by atoms with E-state index in [1.165, 1.54) is 48.2 Å². The van der Waals surface area contributed by atoms with Crippen molar-refractivity contribution in [2.45, 2.75) is 53.4 Å². The lowest BCUT2D eigenvalue weighted by Gasteiger charge is -2.01. The second kappa shape index (κ2) is 13.1. The fourth-order valence-corrected chi connectivity index (χ4v) is 3.04. The van der Waals surface area contributed by atoms with Crippen LogP contribution in [-0.4, -0.2) is 16.8 Å². The van der Waals surface area contributed by atoms with Crippen LogP contribution in [0.25, 0.3) is 0 Å². The van der Waals surface area contributed by atoms with Crippen molar-refractivity contribution in [2.75, 3.05) is 16.8 Å². The van der Waals surface area contributed by atoms with Gasteiger partial charge in [-0.25, -0.2) is 0 Å². The van der Waals surface area contributed by atoms with E-state index in [1.807, 2.05) is 11.8 Å². The quantitative estimate of drug-likeness (QED) is 0.246. The van der Waals surface area contributed by atoms with Gasteiger partial charge in [-0.15, -0.1) is 0 Å². The standard InChI is InChI=1S/C17H29BrS/c1-15(2)7-5-8-16(3)9-6-10-17(4)11-13-19-14-12-18/h7,9,11H,5-6,8,10,12-14H2,1-4H3. The molecule has 0 aromatic heterocycles. The molecule has 0 fully saturated rings. The van der Waals surface area contributed by atoms with E-state index >= 15 is 0 Å². The Morgan fingerprint density at radius 3 is 2.05 bits per heavy atom. The molecule has 110 valence electrons. The summed E-state index contributed by atoms with van der Waals surface area (Å²) >= 11 is 5.44. The number of thioether (sulfide) groups is 1. The van der Waals surface area contributed by atoms with Crippen molar-refractivity contribution >= 4 is 27.7 Å². The molecule has 0 amide bonds. The molecule has 0 saturated heterocycles. The van der Waals surface area contributed by atoms with Crippen LogP contribution in [0.2, 0.25) is 0 Å². The molecule has 0 saturated carbocycles. The van der Waals surface area contributed by atoms with E-state index in [9.17, 15) is 0 Å². The minimum Gasteiger partial charge on any atom is -0.157 e. The van der Waals surface area contributed by atoms with E-state index in [0.29, 0.717) is 0 Å². The van der Waals surface area contributed by atoms with Crippen LogP contribution < -0.4 is 0 Å². The Bertz CT molecular complexity index is 309. The Hall–Kier alpha value is 0.0500. The number of alkyl halides is 1. The van der Waals surface area contributed by atoms with Crippen molar-refractivity contribution in [3.05, 3.63) is 34.9 Å². The lowest BCUT2D eigenvalue weighted by molar-refractivity contribution is 0.917. The second-order valence-electron chi connectivity index (χ2n) is 5.22. The van der Waals surface area contributed by atoms with Crippen LogP contribution in [0.15, 0.2) is 34.9 Å². The molecule has 0 unspecified atom stereocenters. The van der Waals surface area contributed by atoms with Gasteiger partial charge in [-0.2, -0.15) is 11.8 Å². The predicted molar refractivity (Wildman–Crippen MR) is 96.5 cm³/mol. The Morgan fingerprint density at radius 2 is 1.47 bits per heavy atom. The number of hydrogen-bond acceptors (Lipinski definition) is 1. The third-order valence-electron chi connectivity index (χ3n) is 2.89. The van der Waals surface area contributed by atoms with Crippen LogP contribution in [0.5, 0.6) is 0 Å². The van der Waals surface area contributed by atoms with Crippen molar-refractivity contribution < 1.29 is 0 Å². The summed E-state index contributed by atoms with van der Waals surface area (Å²) in [5.41, 5.74) is 4.47. The maximum absolute atomic E-state index is 3.45. The highest BCUT2D eigenvalue weighted by atomic mass is 79.9. The average molecular weight is 345 g/mol. The van der Waals surface area contributed by atoms with E-state index in [2.05, 4.69) is 61.9 Å². The van der Waals surface area contributed by atoms with Crippen LogP contribution in [-0.2, 0) is 0 Å². The monoisotopic (exact) mass is 344 g/mol. The number of rotatable bonds is 10. The summed E-state index contributed by atoms with van der Waals surface area (Å²) in [5.74, 6) is 2.36. The van der Waals surface area contributed by atoms with E-state index < -0.39 is 0 Å². The Labute approximate surface area is 133 Å². The summed E-state index contributed by atoms with van der Waals surface area (Å²) in [6.45, 7) is 8.84. The molecule has 19 heavy (non-hydrogen) atoms. The molecule has 0 aliphatic carbocycles. The molecule has 0 N–H and O–H groups in total. The number of halogens is 1. The van der Waals surface area contributed by atoms with Gasteiger partial charge in [0.05, 0.1) is 0 Å². The van der Waals surface area contributed by atoms with Gasteiger partial charge in [0.2, 0.25) is 0 Å². The fourth-order valence-electron chi connectivity index (χ4n) is 1.68. The van der Waals surface area contributed by atoms with E-state index in [1.54, 1.807) is 0 Å². The van der Waals surface area contributed by atoms with Crippen LogP contribution in [0.3, 0.4) is 0 Å². The smallest absolute Gasteiger partial charge is 0.0122 e. The van der Waals surface area contributed by atoms with E-state index in [4.69, 9.17) is 0 Å². The Balaban J connectivity index is 3.77. The Morgan fingerprint density at radius 1 is 0.895 bits per heavy atom. The third kappa shape index (κ3) is 14.3. The van der Waals surface area contributed by atoms with Crippen molar-refractivity contribution in [1.29, 1.82) is 0 Å². The van der Waals surface area contributed by atoms with Gasteiger partial charge < -0.3 is 0 Å². The fraction of sp³-hybridized carbons (Fsp3) is 0.647. The van der Waals surface area contributed by atoms with Crippen LogP contribution in [0.1, 0.15) is 53.4 Å². The third-order valence-corrected chi connectivity index (χ3v) is 4.71. The predicted octanol–water partition coefficient (Wildman–Crippen LogP) is 6.53.